The van der Waals surface area contributed by atoms with Crippen molar-refractivity contribution < 1.29 is 9.26 Å². The molecule has 0 bridgehead atoms. The number of aromatic nitrogens is 1. The van der Waals surface area contributed by atoms with Gasteiger partial charge in [-0.25, -0.2) is 0 Å². The zero-order valence-corrected chi connectivity index (χ0v) is 13.5. The van der Waals surface area contributed by atoms with Crippen LogP contribution in [0.5, 0.6) is 5.75 Å². The molecule has 4 heteroatoms. The predicted molar refractivity (Wildman–Crippen MR) is 88.7 cm³/mol. The van der Waals surface area contributed by atoms with Crippen molar-refractivity contribution in [1.29, 1.82) is 0 Å². The SMILES string of the molecule is Cc1ccccc1COc1ccc2c(CCCl)noc2c1C. The van der Waals surface area contributed by atoms with Crippen LogP contribution in [0.15, 0.2) is 40.9 Å². The highest BCUT2D eigenvalue weighted by Crippen LogP contribution is 2.30. The van der Waals surface area contributed by atoms with Crippen molar-refractivity contribution in [3.8, 4) is 5.75 Å². The molecule has 0 saturated carbocycles. The van der Waals surface area contributed by atoms with E-state index in [0.29, 0.717) is 18.9 Å². The number of fused-ring (bicyclic) bond motifs is 1. The largest absolute Gasteiger partial charge is 0.488 e. The number of hydrogen-bond donors (Lipinski definition) is 0. The lowest BCUT2D eigenvalue weighted by atomic mass is 10.1. The molecule has 0 amide bonds. The molecule has 2 aromatic carbocycles. The molecular formula is C18H18ClNO2. The number of benzene rings is 2. The molecule has 0 N–H and O–H groups in total. The number of hydrogen-bond acceptors (Lipinski definition) is 3. The average molecular weight is 316 g/mol. The van der Waals surface area contributed by atoms with E-state index in [2.05, 4.69) is 24.2 Å². The minimum absolute atomic E-state index is 0.534. The van der Waals surface area contributed by atoms with Gasteiger partial charge in [-0.3, -0.25) is 0 Å². The molecule has 0 spiro atoms. The average Bonchev–Trinajstić information content (AvgIpc) is 2.93. The number of halogens is 1. The molecule has 0 saturated heterocycles. The van der Waals surface area contributed by atoms with E-state index in [1.807, 2.05) is 31.2 Å². The van der Waals surface area contributed by atoms with Crippen LogP contribution in [0.4, 0.5) is 0 Å². The minimum atomic E-state index is 0.534. The summed E-state index contributed by atoms with van der Waals surface area (Å²) in [6.45, 7) is 4.62. The van der Waals surface area contributed by atoms with Gasteiger partial charge in [0.05, 0.1) is 5.69 Å². The molecule has 3 nitrogen and oxygen atoms in total. The molecule has 3 rings (SSSR count). The molecule has 0 radical (unpaired) electrons. The fraction of sp³-hybridized carbons (Fsp3) is 0.278. The van der Waals surface area contributed by atoms with Gasteiger partial charge in [0.15, 0.2) is 5.58 Å². The summed E-state index contributed by atoms with van der Waals surface area (Å²) in [6.07, 6.45) is 0.706. The summed E-state index contributed by atoms with van der Waals surface area (Å²) < 4.78 is 11.4. The van der Waals surface area contributed by atoms with E-state index in [9.17, 15) is 0 Å². The Morgan fingerprint density at radius 3 is 2.73 bits per heavy atom. The fourth-order valence-electron chi connectivity index (χ4n) is 2.52. The fourth-order valence-corrected chi connectivity index (χ4v) is 2.70. The van der Waals surface area contributed by atoms with Crippen molar-refractivity contribution in [3.63, 3.8) is 0 Å². The van der Waals surface area contributed by atoms with Gasteiger partial charge in [0.1, 0.15) is 12.4 Å². The summed E-state index contributed by atoms with van der Waals surface area (Å²) in [5.41, 5.74) is 5.06. The molecule has 0 fully saturated rings. The van der Waals surface area contributed by atoms with Crippen molar-refractivity contribution in [2.24, 2.45) is 0 Å². The van der Waals surface area contributed by atoms with Crippen LogP contribution in [0.3, 0.4) is 0 Å². The summed E-state index contributed by atoms with van der Waals surface area (Å²) in [7, 11) is 0. The number of nitrogens with zero attached hydrogens (tertiary/aromatic N) is 1. The lowest BCUT2D eigenvalue weighted by Gasteiger charge is -2.10. The zero-order valence-electron chi connectivity index (χ0n) is 12.7. The molecular weight excluding hydrogens is 298 g/mol. The standard InChI is InChI=1S/C18H18ClNO2/c1-12-5-3-4-6-14(12)11-21-17-8-7-15-16(9-10-19)20-22-18(15)13(17)2/h3-8H,9-11H2,1-2H3. The van der Waals surface area contributed by atoms with Crippen LogP contribution < -0.4 is 4.74 Å². The van der Waals surface area contributed by atoms with Crippen LogP contribution in [-0.4, -0.2) is 11.0 Å². The number of alkyl halides is 1. The van der Waals surface area contributed by atoms with Crippen LogP contribution in [-0.2, 0) is 13.0 Å². The molecule has 22 heavy (non-hydrogen) atoms. The molecule has 0 aliphatic carbocycles. The normalized spacial score (nSPS) is 11.0. The van der Waals surface area contributed by atoms with Gasteiger partial charge < -0.3 is 9.26 Å². The highest BCUT2D eigenvalue weighted by atomic mass is 35.5. The number of ether oxygens (including phenoxy) is 1. The van der Waals surface area contributed by atoms with Crippen LogP contribution in [0.2, 0.25) is 0 Å². The van der Waals surface area contributed by atoms with Crippen LogP contribution in [0.25, 0.3) is 11.0 Å². The molecule has 114 valence electrons. The lowest BCUT2D eigenvalue weighted by Crippen LogP contribution is -1.99. The molecule has 3 aromatic rings. The molecule has 0 aliphatic rings. The molecule has 1 heterocycles. The first-order valence-electron chi connectivity index (χ1n) is 7.32. The molecule has 0 atom stereocenters. The van der Waals surface area contributed by atoms with Crippen LogP contribution in [0, 0.1) is 13.8 Å². The van der Waals surface area contributed by atoms with Gasteiger partial charge in [0, 0.05) is 23.3 Å². The van der Waals surface area contributed by atoms with Crippen molar-refractivity contribution >= 4 is 22.6 Å². The quantitative estimate of drug-likeness (QED) is 0.634. The topological polar surface area (TPSA) is 35.3 Å². The van der Waals surface area contributed by atoms with Gasteiger partial charge in [-0.1, -0.05) is 29.4 Å². The van der Waals surface area contributed by atoms with E-state index in [1.165, 1.54) is 11.1 Å². The van der Waals surface area contributed by atoms with E-state index in [-0.39, 0.29) is 0 Å². The summed E-state index contributed by atoms with van der Waals surface area (Å²) >= 11 is 5.79. The van der Waals surface area contributed by atoms with Crippen molar-refractivity contribution in [1.82, 2.24) is 5.16 Å². The maximum Gasteiger partial charge on any atom is 0.173 e. The summed E-state index contributed by atoms with van der Waals surface area (Å²) in [6, 6.07) is 12.2. The molecule has 1 aromatic heterocycles. The van der Waals surface area contributed by atoms with Gasteiger partial charge in [0.2, 0.25) is 0 Å². The van der Waals surface area contributed by atoms with Gasteiger partial charge in [-0.15, -0.1) is 11.6 Å². The Morgan fingerprint density at radius 1 is 1.14 bits per heavy atom. The first kappa shape index (κ1) is 14.9. The Kier molecular flexibility index (Phi) is 4.34. The minimum Gasteiger partial charge on any atom is -0.488 e. The number of rotatable bonds is 5. The Hall–Kier alpha value is -2.00. The van der Waals surface area contributed by atoms with Gasteiger partial charge >= 0.3 is 0 Å². The van der Waals surface area contributed by atoms with E-state index < -0.39 is 0 Å². The Labute approximate surface area is 134 Å². The Morgan fingerprint density at radius 2 is 1.95 bits per heavy atom. The van der Waals surface area contributed by atoms with E-state index in [1.54, 1.807) is 0 Å². The number of aryl methyl sites for hydroxylation is 3. The van der Waals surface area contributed by atoms with Crippen molar-refractivity contribution in [2.75, 3.05) is 5.88 Å². The summed E-state index contributed by atoms with van der Waals surface area (Å²) in [4.78, 5) is 0. The van der Waals surface area contributed by atoms with E-state index >= 15 is 0 Å². The Balaban J connectivity index is 1.86. The highest BCUT2D eigenvalue weighted by Gasteiger charge is 2.13. The van der Waals surface area contributed by atoms with Gasteiger partial charge in [-0.2, -0.15) is 0 Å². The first-order chi connectivity index (χ1) is 10.7. The third kappa shape index (κ3) is 2.81. The monoisotopic (exact) mass is 315 g/mol. The van der Waals surface area contributed by atoms with E-state index in [4.69, 9.17) is 20.9 Å². The third-order valence-corrected chi connectivity index (χ3v) is 4.08. The summed E-state index contributed by atoms with van der Waals surface area (Å²) in [5, 5.41) is 5.12. The first-order valence-corrected chi connectivity index (χ1v) is 7.85. The maximum atomic E-state index is 5.97. The second kappa shape index (κ2) is 6.41. The zero-order chi connectivity index (χ0) is 15.5. The van der Waals surface area contributed by atoms with Crippen molar-refractivity contribution in [3.05, 3.63) is 58.8 Å². The van der Waals surface area contributed by atoms with Crippen molar-refractivity contribution in [2.45, 2.75) is 26.9 Å². The lowest BCUT2D eigenvalue weighted by molar-refractivity contribution is 0.303. The second-order valence-electron chi connectivity index (χ2n) is 5.35. The smallest absolute Gasteiger partial charge is 0.173 e. The third-order valence-electron chi connectivity index (χ3n) is 3.89. The highest BCUT2D eigenvalue weighted by molar-refractivity contribution is 6.18. The van der Waals surface area contributed by atoms with Crippen LogP contribution in [0.1, 0.15) is 22.4 Å². The summed E-state index contributed by atoms with van der Waals surface area (Å²) in [5.74, 6) is 1.36. The van der Waals surface area contributed by atoms with Crippen LogP contribution >= 0.6 is 11.6 Å². The molecule has 0 aliphatic heterocycles. The Bertz CT molecular complexity index is 795. The van der Waals surface area contributed by atoms with Gasteiger partial charge in [-0.05, 0) is 37.1 Å². The predicted octanol–water partition coefficient (Wildman–Crippen LogP) is 4.80. The molecule has 0 unspecified atom stereocenters. The second-order valence-corrected chi connectivity index (χ2v) is 5.73. The van der Waals surface area contributed by atoms with E-state index in [0.717, 1.165) is 28.0 Å². The van der Waals surface area contributed by atoms with Gasteiger partial charge in [0.25, 0.3) is 0 Å². The maximum absolute atomic E-state index is 5.97.